The molecule has 0 bridgehead atoms. The van der Waals surface area contributed by atoms with Gasteiger partial charge in [-0.25, -0.2) is 14.6 Å². The van der Waals surface area contributed by atoms with Gasteiger partial charge in [-0.2, -0.15) is 5.10 Å². The fourth-order valence-electron chi connectivity index (χ4n) is 2.72. The van der Waals surface area contributed by atoms with E-state index in [1.165, 1.54) is 4.88 Å². The summed E-state index contributed by atoms with van der Waals surface area (Å²) in [5.41, 5.74) is 0. The van der Waals surface area contributed by atoms with Crippen molar-refractivity contribution >= 4 is 41.3 Å². The molecule has 0 fully saturated rings. The zero-order chi connectivity index (χ0) is 17.1. The Hall–Kier alpha value is -1.23. The number of thiazole rings is 1. The van der Waals surface area contributed by atoms with Gasteiger partial charge in [-0.05, 0) is 13.3 Å². The van der Waals surface area contributed by atoms with Gasteiger partial charge in [0.2, 0.25) is 0 Å². The second-order valence-electron chi connectivity index (χ2n) is 6.39. The van der Waals surface area contributed by atoms with Gasteiger partial charge in [-0.15, -0.1) is 35.3 Å². The predicted molar refractivity (Wildman–Crippen MR) is 112 cm³/mol. The number of aliphatic imine (C=N–C) groups is 1. The molecule has 1 aliphatic heterocycles. The zero-order valence-electron chi connectivity index (χ0n) is 15.1. The van der Waals surface area contributed by atoms with Crippen LogP contribution in [0.3, 0.4) is 0 Å². The van der Waals surface area contributed by atoms with Crippen molar-refractivity contribution in [3.05, 3.63) is 27.7 Å². The summed E-state index contributed by atoms with van der Waals surface area (Å²) in [6.45, 7) is 7.84. The van der Waals surface area contributed by atoms with Crippen LogP contribution in [0.2, 0.25) is 0 Å². The molecule has 0 amide bonds. The molecule has 9 heteroatoms. The number of fused-ring (bicyclic) bond motifs is 1. The van der Waals surface area contributed by atoms with E-state index in [1.54, 1.807) is 18.4 Å². The predicted octanol–water partition coefficient (Wildman–Crippen LogP) is 2.46. The molecule has 1 aliphatic rings. The van der Waals surface area contributed by atoms with Crippen LogP contribution < -0.4 is 10.6 Å². The smallest absolute Gasteiger partial charge is 0.191 e. The maximum absolute atomic E-state index is 4.63. The Morgan fingerprint density at radius 3 is 2.92 bits per heavy atom. The van der Waals surface area contributed by atoms with E-state index in [0.717, 1.165) is 42.0 Å². The summed E-state index contributed by atoms with van der Waals surface area (Å²) in [5.74, 6) is 3.21. The number of halogens is 1. The summed E-state index contributed by atoms with van der Waals surface area (Å²) in [7, 11) is 1.79. The minimum absolute atomic E-state index is 0. The first-order valence-electron chi connectivity index (χ1n) is 8.37. The van der Waals surface area contributed by atoms with E-state index in [4.69, 9.17) is 0 Å². The number of aryl methyl sites for hydroxylation is 2. The fraction of sp³-hybridized carbons (Fsp3) is 0.625. The van der Waals surface area contributed by atoms with Gasteiger partial charge < -0.3 is 10.6 Å². The van der Waals surface area contributed by atoms with Crippen LogP contribution in [0.5, 0.6) is 0 Å². The average molecular weight is 475 g/mol. The van der Waals surface area contributed by atoms with E-state index in [-0.39, 0.29) is 24.0 Å². The number of hydrogen-bond donors (Lipinski definition) is 2. The van der Waals surface area contributed by atoms with Crippen LogP contribution >= 0.6 is 35.3 Å². The van der Waals surface area contributed by atoms with Gasteiger partial charge in [0.05, 0.1) is 13.1 Å². The molecule has 3 rings (SSSR count). The number of rotatable bonds is 4. The van der Waals surface area contributed by atoms with Crippen LogP contribution in [0.25, 0.3) is 0 Å². The van der Waals surface area contributed by atoms with Crippen LogP contribution in [0, 0.1) is 6.92 Å². The lowest BCUT2D eigenvalue weighted by molar-refractivity contribution is 0.391. The van der Waals surface area contributed by atoms with Crippen LogP contribution in [0.15, 0.2) is 11.2 Å². The van der Waals surface area contributed by atoms with Crippen molar-refractivity contribution in [1.82, 2.24) is 30.4 Å². The second kappa shape index (κ2) is 8.93. The van der Waals surface area contributed by atoms with Crippen molar-refractivity contribution in [1.29, 1.82) is 0 Å². The van der Waals surface area contributed by atoms with Crippen molar-refractivity contribution in [3.63, 3.8) is 0 Å². The highest BCUT2D eigenvalue weighted by molar-refractivity contribution is 14.0. The van der Waals surface area contributed by atoms with Crippen LogP contribution in [-0.2, 0) is 19.5 Å². The highest BCUT2D eigenvalue weighted by Gasteiger charge is 2.23. The van der Waals surface area contributed by atoms with Gasteiger partial charge in [0.25, 0.3) is 0 Å². The molecule has 3 heterocycles. The summed E-state index contributed by atoms with van der Waals surface area (Å²) >= 11 is 1.70. The van der Waals surface area contributed by atoms with Crippen molar-refractivity contribution < 1.29 is 0 Å². The summed E-state index contributed by atoms with van der Waals surface area (Å²) in [5, 5.41) is 12.5. The SMILES string of the molecule is CN=C(NCc1ncc(C)s1)NC1CCc2nc(C(C)C)nn2C1.I. The molecular formula is C16H26IN7S. The van der Waals surface area contributed by atoms with E-state index >= 15 is 0 Å². The molecule has 0 radical (unpaired) electrons. The van der Waals surface area contributed by atoms with E-state index < -0.39 is 0 Å². The van der Waals surface area contributed by atoms with E-state index in [2.05, 4.69) is 51.5 Å². The second-order valence-corrected chi connectivity index (χ2v) is 7.71. The molecule has 1 atom stereocenters. The Bertz CT molecular complexity index is 722. The third-order valence-electron chi connectivity index (χ3n) is 4.03. The molecule has 0 saturated carbocycles. The van der Waals surface area contributed by atoms with Crippen molar-refractivity contribution in [2.24, 2.45) is 4.99 Å². The molecule has 0 aliphatic carbocycles. The molecule has 1 unspecified atom stereocenters. The molecule has 2 aromatic rings. The number of hydrogen-bond acceptors (Lipinski definition) is 5. The van der Waals surface area contributed by atoms with Gasteiger partial charge in [-0.1, -0.05) is 13.8 Å². The molecule has 0 aromatic carbocycles. The first kappa shape index (κ1) is 20.1. The summed E-state index contributed by atoms with van der Waals surface area (Å²) < 4.78 is 2.04. The highest BCUT2D eigenvalue weighted by Crippen LogP contribution is 2.17. The molecule has 7 nitrogen and oxygen atoms in total. The highest BCUT2D eigenvalue weighted by atomic mass is 127. The van der Waals surface area contributed by atoms with Gasteiger partial charge in [0.15, 0.2) is 11.8 Å². The van der Waals surface area contributed by atoms with Crippen LogP contribution in [0.1, 0.15) is 47.7 Å². The Kier molecular flexibility index (Phi) is 7.17. The van der Waals surface area contributed by atoms with E-state index in [1.807, 2.05) is 10.9 Å². The lowest BCUT2D eigenvalue weighted by Gasteiger charge is -2.25. The number of nitrogens with zero attached hydrogens (tertiary/aromatic N) is 5. The normalized spacial score (nSPS) is 17.2. The van der Waals surface area contributed by atoms with Gasteiger partial charge in [-0.3, -0.25) is 4.99 Å². The molecule has 0 saturated heterocycles. The fourth-order valence-corrected chi connectivity index (χ4v) is 3.45. The minimum atomic E-state index is 0. The largest absolute Gasteiger partial charge is 0.352 e. The van der Waals surface area contributed by atoms with Crippen LogP contribution in [0.4, 0.5) is 0 Å². The van der Waals surface area contributed by atoms with Crippen molar-refractivity contribution in [2.75, 3.05) is 7.05 Å². The van der Waals surface area contributed by atoms with Crippen LogP contribution in [-0.4, -0.2) is 38.8 Å². The van der Waals surface area contributed by atoms with Crippen molar-refractivity contribution in [2.45, 2.75) is 58.7 Å². The third-order valence-corrected chi connectivity index (χ3v) is 4.94. The summed E-state index contributed by atoms with van der Waals surface area (Å²) in [4.78, 5) is 14.5. The molecule has 25 heavy (non-hydrogen) atoms. The summed E-state index contributed by atoms with van der Waals surface area (Å²) in [6, 6.07) is 0.309. The number of guanidine groups is 1. The van der Waals surface area contributed by atoms with Gasteiger partial charge in [0.1, 0.15) is 10.8 Å². The maximum Gasteiger partial charge on any atom is 0.191 e. The lowest BCUT2D eigenvalue weighted by atomic mass is 10.1. The Balaban J connectivity index is 0.00000225. The first-order valence-corrected chi connectivity index (χ1v) is 9.19. The first-order chi connectivity index (χ1) is 11.5. The minimum Gasteiger partial charge on any atom is -0.352 e. The average Bonchev–Trinajstić information content (AvgIpc) is 3.17. The molecule has 2 N–H and O–H groups in total. The van der Waals surface area contributed by atoms with Gasteiger partial charge >= 0.3 is 0 Å². The molecule has 0 spiro atoms. The molecule has 2 aromatic heterocycles. The number of aromatic nitrogens is 4. The van der Waals surface area contributed by atoms with Gasteiger partial charge in [0, 0.05) is 36.5 Å². The lowest BCUT2D eigenvalue weighted by Crippen LogP contribution is -2.46. The monoisotopic (exact) mass is 475 g/mol. The van der Waals surface area contributed by atoms with E-state index in [0.29, 0.717) is 18.5 Å². The maximum atomic E-state index is 4.63. The Labute approximate surface area is 169 Å². The van der Waals surface area contributed by atoms with Crippen molar-refractivity contribution in [3.8, 4) is 0 Å². The topological polar surface area (TPSA) is 80.0 Å². The molecule has 138 valence electrons. The zero-order valence-corrected chi connectivity index (χ0v) is 18.3. The van der Waals surface area contributed by atoms with E-state index in [9.17, 15) is 0 Å². The number of nitrogens with one attached hydrogen (secondary N) is 2. The Morgan fingerprint density at radius 1 is 1.48 bits per heavy atom. The third kappa shape index (κ3) is 5.13. The molecular weight excluding hydrogens is 449 g/mol. The standard InChI is InChI=1S/C16H25N7S.HI/c1-10(2)15-21-13-6-5-12(9-23(13)22-15)20-16(17-4)19-8-14-18-7-11(3)24-14;/h7,10,12H,5-6,8-9H2,1-4H3,(H2,17,19,20);1H. The Morgan fingerprint density at radius 2 is 2.28 bits per heavy atom. The quantitative estimate of drug-likeness (QED) is 0.404. The summed E-state index contributed by atoms with van der Waals surface area (Å²) in [6.07, 6.45) is 3.88.